The van der Waals surface area contributed by atoms with E-state index in [1.165, 1.54) is 12.1 Å². The normalized spacial score (nSPS) is 17.3. The van der Waals surface area contributed by atoms with Crippen LogP contribution in [0.5, 0.6) is 0 Å². The summed E-state index contributed by atoms with van der Waals surface area (Å²) < 4.78 is 23.8. The van der Waals surface area contributed by atoms with Crippen LogP contribution in [0, 0.1) is 12.7 Å². The number of aromatic nitrogens is 3. The molecule has 1 aromatic carbocycles. The fraction of sp³-hybridized carbons (Fsp3) is 0.368. The summed E-state index contributed by atoms with van der Waals surface area (Å²) >= 11 is 0. The van der Waals surface area contributed by atoms with Crippen LogP contribution in [0.1, 0.15) is 52.4 Å². The summed E-state index contributed by atoms with van der Waals surface area (Å²) in [6, 6.07) is 7.84. The van der Waals surface area contributed by atoms with Crippen LogP contribution in [0.3, 0.4) is 0 Å². The first-order chi connectivity index (χ1) is 13.1. The molecule has 7 nitrogen and oxygen atoms in total. The first-order valence-corrected chi connectivity index (χ1v) is 8.88. The van der Waals surface area contributed by atoms with Crippen LogP contribution >= 0.6 is 0 Å². The molecule has 2 aromatic heterocycles. The number of likely N-dealkylation sites (tertiary alicyclic amines) is 1. The Bertz CT molecular complexity index is 935. The molecule has 0 N–H and O–H groups in total. The van der Waals surface area contributed by atoms with Crippen molar-refractivity contribution < 1.29 is 18.1 Å². The summed E-state index contributed by atoms with van der Waals surface area (Å²) in [5.41, 5.74) is 1.21. The van der Waals surface area contributed by atoms with Crippen molar-refractivity contribution in [1.82, 2.24) is 20.3 Å². The van der Waals surface area contributed by atoms with Crippen LogP contribution in [0.15, 0.2) is 39.3 Å². The van der Waals surface area contributed by atoms with Crippen molar-refractivity contribution in [3.8, 4) is 0 Å². The number of carbonyl (C=O) groups is 1. The molecule has 0 aliphatic carbocycles. The van der Waals surface area contributed by atoms with Crippen molar-refractivity contribution in [2.24, 2.45) is 0 Å². The second-order valence-electron chi connectivity index (χ2n) is 6.75. The number of carbonyl (C=O) groups excluding carboxylic acids is 1. The maximum atomic E-state index is 13.0. The Morgan fingerprint density at radius 2 is 2.11 bits per heavy atom. The summed E-state index contributed by atoms with van der Waals surface area (Å²) in [6.45, 7) is 2.92. The van der Waals surface area contributed by atoms with Gasteiger partial charge >= 0.3 is 0 Å². The van der Waals surface area contributed by atoms with E-state index in [0.29, 0.717) is 42.7 Å². The molecule has 1 unspecified atom stereocenters. The van der Waals surface area contributed by atoms with Crippen molar-refractivity contribution in [1.29, 1.82) is 0 Å². The lowest BCUT2D eigenvalue weighted by Crippen LogP contribution is -2.39. The van der Waals surface area contributed by atoms with E-state index in [9.17, 15) is 9.18 Å². The molecule has 3 aromatic rings. The zero-order valence-electron chi connectivity index (χ0n) is 14.9. The minimum Gasteiger partial charge on any atom is -0.425 e. The highest BCUT2D eigenvalue weighted by Gasteiger charge is 2.30. The standard InChI is InChI=1S/C19H19FN4O3/c1-12-9-16(23-27-12)19(25)24-8-2-3-14(11-24)18-22-21-17(26-18)10-13-4-6-15(20)7-5-13/h4-7,9,14H,2-3,8,10-11H2,1H3. The smallest absolute Gasteiger partial charge is 0.276 e. The van der Waals surface area contributed by atoms with Crippen molar-refractivity contribution >= 4 is 5.91 Å². The van der Waals surface area contributed by atoms with Gasteiger partial charge in [0.2, 0.25) is 11.8 Å². The van der Waals surface area contributed by atoms with Crippen LogP contribution < -0.4 is 0 Å². The van der Waals surface area contributed by atoms with E-state index in [0.717, 1.165) is 18.4 Å². The van der Waals surface area contributed by atoms with Gasteiger partial charge in [0, 0.05) is 19.2 Å². The zero-order chi connectivity index (χ0) is 18.8. The second-order valence-corrected chi connectivity index (χ2v) is 6.75. The largest absolute Gasteiger partial charge is 0.425 e. The van der Waals surface area contributed by atoms with Crippen molar-refractivity contribution in [3.63, 3.8) is 0 Å². The number of nitrogens with zero attached hydrogens (tertiary/aromatic N) is 4. The van der Waals surface area contributed by atoms with Crippen LogP contribution in [-0.2, 0) is 6.42 Å². The van der Waals surface area contributed by atoms with Crippen molar-refractivity contribution in [2.45, 2.75) is 32.1 Å². The molecule has 140 valence electrons. The Kier molecular flexibility index (Phi) is 4.70. The molecule has 3 heterocycles. The third-order valence-corrected chi connectivity index (χ3v) is 4.66. The van der Waals surface area contributed by atoms with E-state index in [-0.39, 0.29) is 17.6 Å². The molecule has 27 heavy (non-hydrogen) atoms. The van der Waals surface area contributed by atoms with Gasteiger partial charge in [0.15, 0.2) is 5.69 Å². The van der Waals surface area contributed by atoms with Crippen molar-refractivity contribution in [2.75, 3.05) is 13.1 Å². The van der Waals surface area contributed by atoms with Gasteiger partial charge in [0.05, 0.1) is 12.3 Å². The molecule has 8 heteroatoms. The lowest BCUT2D eigenvalue weighted by molar-refractivity contribution is 0.0687. The number of piperidine rings is 1. The van der Waals surface area contributed by atoms with Gasteiger partial charge in [-0.2, -0.15) is 0 Å². The van der Waals surface area contributed by atoms with Crippen LogP contribution in [-0.4, -0.2) is 39.3 Å². The van der Waals surface area contributed by atoms with Gasteiger partial charge in [0.25, 0.3) is 5.91 Å². The number of amides is 1. The Hall–Kier alpha value is -3.03. The van der Waals surface area contributed by atoms with Gasteiger partial charge in [-0.05, 0) is 37.5 Å². The molecule has 1 fully saturated rings. The third kappa shape index (κ3) is 3.89. The van der Waals surface area contributed by atoms with Gasteiger partial charge in [-0.25, -0.2) is 4.39 Å². The van der Waals surface area contributed by atoms with Gasteiger partial charge in [-0.1, -0.05) is 17.3 Å². The average Bonchev–Trinajstić information content (AvgIpc) is 3.32. The van der Waals surface area contributed by atoms with Gasteiger partial charge in [-0.15, -0.1) is 10.2 Å². The molecule has 1 saturated heterocycles. The van der Waals surface area contributed by atoms with E-state index in [1.54, 1.807) is 30.0 Å². The highest BCUT2D eigenvalue weighted by atomic mass is 19.1. The fourth-order valence-electron chi connectivity index (χ4n) is 3.27. The topological polar surface area (TPSA) is 85.3 Å². The lowest BCUT2D eigenvalue weighted by atomic mass is 9.98. The summed E-state index contributed by atoms with van der Waals surface area (Å²) in [7, 11) is 0. The monoisotopic (exact) mass is 370 g/mol. The molecule has 1 atom stereocenters. The number of hydrogen-bond donors (Lipinski definition) is 0. The second kappa shape index (κ2) is 7.30. The molecule has 1 amide bonds. The molecule has 4 rings (SSSR count). The summed E-state index contributed by atoms with van der Waals surface area (Å²) in [5.74, 6) is 1.18. The van der Waals surface area contributed by atoms with Gasteiger partial charge in [0.1, 0.15) is 11.6 Å². The Morgan fingerprint density at radius 3 is 2.85 bits per heavy atom. The van der Waals surface area contributed by atoms with Crippen LogP contribution in [0.4, 0.5) is 4.39 Å². The van der Waals surface area contributed by atoms with E-state index in [1.807, 2.05) is 0 Å². The molecular weight excluding hydrogens is 351 g/mol. The van der Waals surface area contributed by atoms with Crippen molar-refractivity contribution in [3.05, 3.63) is 64.9 Å². The molecular formula is C19H19FN4O3. The molecule has 0 bridgehead atoms. The predicted octanol–water partition coefficient (Wildman–Crippen LogP) is 3.12. The molecule has 0 radical (unpaired) electrons. The van der Waals surface area contributed by atoms with Crippen LogP contribution in [0.2, 0.25) is 0 Å². The number of rotatable bonds is 4. The minimum atomic E-state index is -0.278. The summed E-state index contributed by atoms with van der Waals surface area (Å²) in [5, 5.41) is 12.1. The van der Waals surface area contributed by atoms with Crippen LogP contribution in [0.25, 0.3) is 0 Å². The first kappa shape index (κ1) is 17.4. The number of aryl methyl sites for hydroxylation is 1. The maximum Gasteiger partial charge on any atom is 0.276 e. The van der Waals surface area contributed by atoms with E-state index in [2.05, 4.69) is 15.4 Å². The molecule has 0 saturated carbocycles. The fourth-order valence-corrected chi connectivity index (χ4v) is 3.27. The minimum absolute atomic E-state index is 0.00911. The first-order valence-electron chi connectivity index (χ1n) is 8.88. The van der Waals surface area contributed by atoms with Gasteiger partial charge < -0.3 is 13.8 Å². The highest BCUT2D eigenvalue weighted by molar-refractivity contribution is 5.92. The Balaban J connectivity index is 1.43. The highest BCUT2D eigenvalue weighted by Crippen LogP contribution is 2.27. The zero-order valence-corrected chi connectivity index (χ0v) is 14.9. The number of benzene rings is 1. The summed E-state index contributed by atoms with van der Waals surface area (Å²) in [6.07, 6.45) is 2.17. The van der Waals surface area contributed by atoms with E-state index in [4.69, 9.17) is 8.94 Å². The lowest BCUT2D eigenvalue weighted by Gasteiger charge is -2.30. The number of hydrogen-bond acceptors (Lipinski definition) is 6. The Morgan fingerprint density at radius 1 is 1.30 bits per heavy atom. The van der Waals surface area contributed by atoms with E-state index < -0.39 is 0 Å². The average molecular weight is 370 g/mol. The third-order valence-electron chi connectivity index (χ3n) is 4.66. The number of halogens is 1. The van der Waals surface area contributed by atoms with E-state index >= 15 is 0 Å². The molecule has 1 aliphatic heterocycles. The molecule has 1 aliphatic rings. The predicted molar refractivity (Wildman–Crippen MR) is 92.6 cm³/mol. The Labute approximate surface area is 155 Å². The summed E-state index contributed by atoms with van der Waals surface area (Å²) in [4.78, 5) is 14.3. The van der Waals surface area contributed by atoms with Gasteiger partial charge in [-0.3, -0.25) is 4.79 Å². The quantitative estimate of drug-likeness (QED) is 0.701. The maximum absolute atomic E-state index is 13.0. The SMILES string of the molecule is Cc1cc(C(=O)N2CCCC(c3nnc(Cc4ccc(F)cc4)o3)C2)no1. The molecule has 0 spiro atoms.